The quantitative estimate of drug-likeness (QED) is 0.501. The molecule has 0 saturated heterocycles. The number of halogens is 2. The Bertz CT molecular complexity index is 794. The number of hydrogen-bond acceptors (Lipinski definition) is 4. The Morgan fingerprint density at radius 3 is 2.38 bits per heavy atom. The first kappa shape index (κ1) is 20.2. The number of amides is 3. The lowest BCUT2D eigenvalue weighted by Gasteiger charge is -2.14. The minimum absolute atomic E-state index is 0.114. The summed E-state index contributed by atoms with van der Waals surface area (Å²) in [5.41, 5.74) is 1.11. The van der Waals surface area contributed by atoms with Crippen molar-refractivity contribution in [1.82, 2.24) is 5.32 Å². The fraction of sp³-hybridized carbons (Fsp3) is 0.176. The molecule has 0 atom stereocenters. The number of carbonyl (C=O) groups is 2. The minimum Gasteiger partial charge on any atom is -0.497 e. The van der Waals surface area contributed by atoms with Crippen molar-refractivity contribution in [1.29, 1.82) is 0 Å². The predicted octanol–water partition coefficient (Wildman–Crippen LogP) is 3.59. The van der Waals surface area contributed by atoms with E-state index in [0.29, 0.717) is 11.4 Å². The van der Waals surface area contributed by atoms with Crippen LogP contribution in [0.25, 0.3) is 0 Å². The molecule has 4 N–H and O–H groups in total. The van der Waals surface area contributed by atoms with E-state index in [4.69, 9.17) is 9.84 Å². The number of aliphatic hydroxyl groups excluding tert-OH is 1. The van der Waals surface area contributed by atoms with Gasteiger partial charge in [-0.15, -0.1) is 0 Å². The van der Waals surface area contributed by atoms with Crippen LogP contribution in [-0.2, 0) is 0 Å². The third kappa shape index (κ3) is 5.72. The van der Waals surface area contributed by atoms with Gasteiger partial charge < -0.3 is 25.8 Å². The molecular weight excluding hydrogens is 470 g/mol. The van der Waals surface area contributed by atoms with Gasteiger partial charge in [0.15, 0.2) is 0 Å². The summed E-state index contributed by atoms with van der Waals surface area (Å²) in [5.74, 6) is 0.0754. The maximum absolute atomic E-state index is 12.3. The first-order chi connectivity index (χ1) is 12.4. The molecule has 0 saturated carbocycles. The van der Waals surface area contributed by atoms with Gasteiger partial charge in [-0.1, -0.05) is 31.9 Å². The summed E-state index contributed by atoms with van der Waals surface area (Å²) in [6.07, 6.45) is 0. The van der Waals surface area contributed by atoms with Gasteiger partial charge in [0.2, 0.25) is 0 Å². The summed E-state index contributed by atoms with van der Waals surface area (Å²) >= 11 is 6.70. The van der Waals surface area contributed by atoms with Gasteiger partial charge in [-0.2, -0.15) is 0 Å². The second kappa shape index (κ2) is 9.56. The molecule has 0 aliphatic carbocycles. The van der Waals surface area contributed by atoms with E-state index in [0.717, 1.165) is 8.95 Å². The number of methoxy groups -OCH3 is 1. The van der Waals surface area contributed by atoms with E-state index < -0.39 is 11.9 Å². The fourth-order valence-corrected chi connectivity index (χ4v) is 3.42. The molecule has 0 aliphatic heterocycles. The van der Waals surface area contributed by atoms with E-state index in [1.54, 1.807) is 24.3 Å². The monoisotopic (exact) mass is 485 g/mol. The van der Waals surface area contributed by atoms with Crippen molar-refractivity contribution >= 4 is 55.2 Å². The summed E-state index contributed by atoms with van der Waals surface area (Å²) in [6.45, 7) is -0.0640. The standard InChI is InChI=1S/C17H17Br2N3O4/c1-26-13-2-3-14(16(24)20-4-5-23)15(9-13)22-17(25)21-12-7-10(18)6-11(19)8-12/h2-3,6-9,23H,4-5H2,1H3,(H,20,24)(H2,21,22,25). The molecule has 0 bridgehead atoms. The zero-order valence-electron chi connectivity index (χ0n) is 13.8. The Kier molecular flexibility index (Phi) is 7.43. The number of ether oxygens (including phenoxy) is 1. The number of aliphatic hydroxyl groups is 1. The number of carbonyl (C=O) groups excluding carboxylic acids is 2. The first-order valence-corrected chi connectivity index (χ1v) is 9.12. The summed E-state index contributed by atoms with van der Waals surface area (Å²) in [6, 6.07) is 9.51. The summed E-state index contributed by atoms with van der Waals surface area (Å²) < 4.78 is 6.74. The van der Waals surface area contributed by atoms with Gasteiger partial charge in [-0.25, -0.2) is 4.79 Å². The molecule has 0 fully saturated rings. The van der Waals surface area contributed by atoms with E-state index in [2.05, 4.69) is 47.8 Å². The zero-order chi connectivity index (χ0) is 19.1. The number of benzene rings is 2. The molecule has 0 radical (unpaired) electrons. The Hall–Kier alpha value is -2.10. The third-order valence-electron chi connectivity index (χ3n) is 3.24. The van der Waals surface area contributed by atoms with Crippen LogP contribution in [0.4, 0.5) is 16.2 Å². The van der Waals surface area contributed by atoms with Crippen LogP contribution in [0.3, 0.4) is 0 Å². The number of rotatable bonds is 6. The fourth-order valence-electron chi connectivity index (χ4n) is 2.13. The van der Waals surface area contributed by atoms with E-state index >= 15 is 0 Å². The van der Waals surface area contributed by atoms with Crippen LogP contribution in [0, 0.1) is 0 Å². The molecule has 0 aromatic heterocycles. The molecule has 2 rings (SSSR count). The first-order valence-electron chi connectivity index (χ1n) is 7.54. The second-order valence-corrected chi connectivity index (χ2v) is 6.96. The molecule has 3 amide bonds. The van der Waals surface area contributed by atoms with Gasteiger partial charge in [0, 0.05) is 27.2 Å². The average Bonchev–Trinajstić information content (AvgIpc) is 2.58. The highest BCUT2D eigenvalue weighted by Crippen LogP contribution is 2.25. The Balaban J connectivity index is 2.20. The van der Waals surface area contributed by atoms with Crippen molar-refractivity contribution in [2.24, 2.45) is 0 Å². The molecule has 7 nitrogen and oxygen atoms in total. The molecule has 0 unspecified atom stereocenters. The second-order valence-electron chi connectivity index (χ2n) is 5.13. The van der Waals surface area contributed by atoms with Gasteiger partial charge >= 0.3 is 6.03 Å². The van der Waals surface area contributed by atoms with Crippen molar-refractivity contribution in [3.8, 4) is 5.75 Å². The van der Waals surface area contributed by atoms with E-state index in [1.807, 2.05) is 6.07 Å². The van der Waals surface area contributed by atoms with Crippen LogP contribution in [-0.4, -0.2) is 37.3 Å². The summed E-state index contributed by atoms with van der Waals surface area (Å²) in [5, 5.41) is 16.7. The number of nitrogens with one attached hydrogen (secondary N) is 3. The average molecular weight is 487 g/mol. The molecule has 9 heteroatoms. The van der Waals surface area contributed by atoms with Crippen LogP contribution in [0.1, 0.15) is 10.4 Å². The molecule has 138 valence electrons. The maximum atomic E-state index is 12.3. The minimum atomic E-state index is -0.514. The summed E-state index contributed by atoms with van der Waals surface area (Å²) in [4.78, 5) is 24.5. The highest BCUT2D eigenvalue weighted by Gasteiger charge is 2.15. The Morgan fingerprint density at radius 1 is 1.08 bits per heavy atom. The maximum Gasteiger partial charge on any atom is 0.323 e. The smallest absolute Gasteiger partial charge is 0.323 e. The molecule has 0 spiro atoms. The molecule has 0 heterocycles. The number of anilines is 2. The van der Waals surface area contributed by atoms with Gasteiger partial charge in [0.05, 0.1) is 25.0 Å². The van der Waals surface area contributed by atoms with E-state index in [1.165, 1.54) is 13.2 Å². The van der Waals surface area contributed by atoms with Crippen LogP contribution >= 0.6 is 31.9 Å². The highest BCUT2D eigenvalue weighted by molar-refractivity contribution is 9.11. The largest absolute Gasteiger partial charge is 0.497 e. The highest BCUT2D eigenvalue weighted by atomic mass is 79.9. The topological polar surface area (TPSA) is 99.7 Å². The van der Waals surface area contributed by atoms with Crippen molar-refractivity contribution in [2.75, 3.05) is 30.9 Å². The van der Waals surface area contributed by atoms with E-state index in [-0.39, 0.29) is 24.4 Å². The number of urea groups is 1. The SMILES string of the molecule is COc1ccc(C(=O)NCCO)c(NC(=O)Nc2cc(Br)cc(Br)c2)c1. The normalized spacial score (nSPS) is 10.2. The zero-order valence-corrected chi connectivity index (χ0v) is 17.0. The number of hydrogen-bond donors (Lipinski definition) is 4. The third-order valence-corrected chi connectivity index (χ3v) is 4.15. The molecule has 2 aromatic carbocycles. The molecule has 2 aromatic rings. The molecule has 0 aliphatic rings. The van der Waals surface area contributed by atoms with Crippen LogP contribution in [0.2, 0.25) is 0 Å². The Labute approximate surface area is 167 Å². The van der Waals surface area contributed by atoms with Crippen molar-refractivity contribution < 1.29 is 19.4 Å². The van der Waals surface area contributed by atoms with Crippen LogP contribution in [0.5, 0.6) is 5.75 Å². The van der Waals surface area contributed by atoms with Crippen molar-refractivity contribution in [3.63, 3.8) is 0 Å². The Morgan fingerprint density at radius 2 is 1.77 bits per heavy atom. The van der Waals surface area contributed by atoms with Gasteiger partial charge in [-0.05, 0) is 30.3 Å². The van der Waals surface area contributed by atoms with Gasteiger partial charge in [0.25, 0.3) is 5.91 Å². The van der Waals surface area contributed by atoms with Crippen LogP contribution < -0.4 is 20.7 Å². The van der Waals surface area contributed by atoms with Crippen molar-refractivity contribution in [2.45, 2.75) is 0 Å². The van der Waals surface area contributed by atoms with Crippen LogP contribution in [0.15, 0.2) is 45.3 Å². The predicted molar refractivity (Wildman–Crippen MR) is 107 cm³/mol. The van der Waals surface area contributed by atoms with Gasteiger partial charge in [0.1, 0.15) is 5.75 Å². The lowest BCUT2D eigenvalue weighted by atomic mass is 10.1. The molecule has 26 heavy (non-hydrogen) atoms. The van der Waals surface area contributed by atoms with E-state index in [9.17, 15) is 9.59 Å². The lowest BCUT2D eigenvalue weighted by molar-refractivity contribution is 0.0945. The summed E-state index contributed by atoms with van der Waals surface area (Å²) in [7, 11) is 1.49. The van der Waals surface area contributed by atoms with Gasteiger partial charge in [-0.3, -0.25) is 4.79 Å². The molecular formula is C17H17Br2N3O4. The lowest BCUT2D eigenvalue weighted by Crippen LogP contribution is -2.28. The van der Waals surface area contributed by atoms with Crippen molar-refractivity contribution in [3.05, 3.63) is 50.9 Å².